The average molecular weight is 456 g/mol. The van der Waals surface area contributed by atoms with Crippen LogP contribution in [-0.2, 0) is 11.2 Å². The fraction of sp³-hybridized carbons (Fsp3) is 0.115. The number of hydrogen-bond acceptors (Lipinski definition) is 6. The molecular weight excluding hydrogens is 434 g/mol. The van der Waals surface area contributed by atoms with Gasteiger partial charge < -0.3 is 15.5 Å². The van der Waals surface area contributed by atoms with Crippen LogP contribution in [0.2, 0.25) is 0 Å². The Morgan fingerprint density at radius 1 is 1.03 bits per heavy atom. The molecule has 1 aromatic heterocycles. The van der Waals surface area contributed by atoms with Crippen LogP contribution < -0.4 is 5.32 Å². The second kappa shape index (κ2) is 9.55. The number of rotatable bonds is 6. The van der Waals surface area contributed by atoms with Gasteiger partial charge in [-0.05, 0) is 36.6 Å². The molecule has 0 radical (unpaired) electrons. The number of hydrogen-bond donors (Lipinski definition) is 3. The number of phenols is 2. The van der Waals surface area contributed by atoms with Crippen molar-refractivity contribution in [1.29, 1.82) is 5.26 Å². The number of nitrogens with one attached hydrogen (secondary N) is 1. The first-order valence-electron chi connectivity index (χ1n) is 10.3. The summed E-state index contributed by atoms with van der Waals surface area (Å²) in [5.41, 5.74) is 4.40. The molecule has 7 heteroatoms. The summed E-state index contributed by atoms with van der Waals surface area (Å²) in [4.78, 5) is 18.5. The number of aromatic hydroxyl groups is 2. The summed E-state index contributed by atoms with van der Waals surface area (Å²) in [6, 6.07) is 24.1. The molecule has 1 atom stereocenters. The Morgan fingerprint density at radius 2 is 1.76 bits per heavy atom. The normalized spacial score (nSPS) is 11.5. The van der Waals surface area contributed by atoms with Crippen molar-refractivity contribution < 1.29 is 15.0 Å². The molecule has 0 saturated heterocycles. The van der Waals surface area contributed by atoms with Gasteiger partial charge in [-0.25, -0.2) is 4.98 Å². The Bertz CT molecular complexity index is 1330. The first kappa shape index (κ1) is 22.1. The fourth-order valence-corrected chi connectivity index (χ4v) is 4.38. The zero-order valence-corrected chi connectivity index (χ0v) is 18.6. The Balaban J connectivity index is 1.61. The third-order valence-corrected chi connectivity index (χ3v) is 6.19. The Kier molecular flexibility index (Phi) is 6.38. The van der Waals surface area contributed by atoms with Crippen LogP contribution in [0.15, 0.2) is 72.8 Å². The lowest BCUT2D eigenvalue weighted by atomic mass is 9.99. The van der Waals surface area contributed by atoms with Crippen LogP contribution in [0.1, 0.15) is 11.1 Å². The van der Waals surface area contributed by atoms with Crippen molar-refractivity contribution >= 4 is 22.4 Å². The van der Waals surface area contributed by atoms with Crippen molar-refractivity contribution in [3.8, 4) is 39.3 Å². The molecule has 0 aliphatic heterocycles. The maximum absolute atomic E-state index is 12.9. The molecule has 4 rings (SSSR count). The van der Waals surface area contributed by atoms with E-state index in [1.807, 2.05) is 67.6 Å². The van der Waals surface area contributed by atoms with Crippen LogP contribution >= 0.6 is 11.3 Å². The van der Waals surface area contributed by atoms with Gasteiger partial charge in [-0.2, -0.15) is 5.26 Å². The zero-order valence-electron chi connectivity index (χ0n) is 17.8. The van der Waals surface area contributed by atoms with E-state index in [-0.39, 0.29) is 17.9 Å². The van der Waals surface area contributed by atoms with E-state index in [0.717, 1.165) is 27.3 Å². The molecule has 0 aliphatic rings. The third kappa shape index (κ3) is 5.03. The largest absolute Gasteiger partial charge is 0.504 e. The van der Waals surface area contributed by atoms with Crippen LogP contribution in [0.5, 0.6) is 11.5 Å². The van der Waals surface area contributed by atoms with E-state index >= 15 is 0 Å². The van der Waals surface area contributed by atoms with Crippen LogP contribution in [0.4, 0.5) is 5.13 Å². The van der Waals surface area contributed by atoms with Gasteiger partial charge in [0, 0.05) is 5.56 Å². The maximum Gasteiger partial charge on any atom is 0.243 e. The second-order valence-electron chi connectivity index (χ2n) is 7.63. The Labute approximate surface area is 195 Å². The number of phenolic OH excluding ortho intramolecular Hbond substituents is 2. The number of carbonyl (C=O) groups excluding carboxylic acids is 1. The number of thiazole rings is 1. The highest BCUT2D eigenvalue weighted by Crippen LogP contribution is 2.39. The molecule has 0 saturated carbocycles. The summed E-state index contributed by atoms with van der Waals surface area (Å²) in [5.74, 6) is -2.01. The van der Waals surface area contributed by atoms with E-state index in [1.165, 1.54) is 23.5 Å². The smallest absolute Gasteiger partial charge is 0.243 e. The summed E-state index contributed by atoms with van der Waals surface area (Å²) < 4.78 is 0. The van der Waals surface area contributed by atoms with E-state index < -0.39 is 11.8 Å². The summed E-state index contributed by atoms with van der Waals surface area (Å²) in [5, 5.41) is 31.9. The number of aromatic nitrogens is 1. The van der Waals surface area contributed by atoms with Gasteiger partial charge in [0.05, 0.1) is 16.6 Å². The van der Waals surface area contributed by atoms with E-state index in [1.54, 1.807) is 6.07 Å². The van der Waals surface area contributed by atoms with Crippen LogP contribution in [0.3, 0.4) is 0 Å². The van der Waals surface area contributed by atoms with E-state index in [0.29, 0.717) is 10.7 Å². The predicted molar refractivity (Wildman–Crippen MR) is 129 cm³/mol. The monoisotopic (exact) mass is 455 g/mol. The highest BCUT2D eigenvalue weighted by molar-refractivity contribution is 7.19. The van der Waals surface area contributed by atoms with Gasteiger partial charge in [-0.15, -0.1) is 0 Å². The van der Waals surface area contributed by atoms with Crippen LogP contribution in [0, 0.1) is 24.2 Å². The number of nitrogens with zero attached hydrogens (tertiary/aromatic N) is 2. The molecule has 3 aromatic carbocycles. The lowest BCUT2D eigenvalue weighted by Gasteiger charge is -2.09. The predicted octanol–water partition coefficient (Wildman–Crippen LogP) is 5.52. The highest BCUT2D eigenvalue weighted by Gasteiger charge is 2.22. The minimum atomic E-state index is -0.985. The van der Waals surface area contributed by atoms with Crippen molar-refractivity contribution in [2.45, 2.75) is 13.3 Å². The van der Waals surface area contributed by atoms with Gasteiger partial charge >= 0.3 is 0 Å². The van der Waals surface area contributed by atoms with Gasteiger partial charge in [-0.1, -0.05) is 77.6 Å². The Hall–Kier alpha value is -4.15. The standard InChI is InChI=1S/C26H21N3O3S/c1-16-7-10-19(11-8-16)24-23(18-5-3-2-4-6-18)28-26(33-24)29-25(32)20(15-27)13-17-9-12-21(30)22(31)14-17/h2-12,14,20,30-31H,13H2,1H3,(H,28,29,32). The molecule has 0 bridgehead atoms. The second-order valence-corrected chi connectivity index (χ2v) is 8.63. The molecule has 1 unspecified atom stereocenters. The number of aryl methyl sites for hydroxylation is 1. The summed E-state index contributed by atoms with van der Waals surface area (Å²) in [7, 11) is 0. The average Bonchev–Trinajstić information content (AvgIpc) is 3.24. The lowest BCUT2D eigenvalue weighted by Crippen LogP contribution is -2.23. The third-order valence-electron chi connectivity index (χ3n) is 5.17. The summed E-state index contributed by atoms with van der Waals surface area (Å²) >= 11 is 1.35. The van der Waals surface area contributed by atoms with Gasteiger partial charge in [0.2, 0.25) is 5.91 Å². The van der Waals surface area contributed by atoms with Crippen molar-refractivity contribution in [2.75, 3.05) is 5.32 Å². The summed E-state index contributed by atoms with van der Waals surface area (Å²) in [6.07, 6.45) is 0.0951. The molecule has 1 amide bonds. The number of nitriles is 1. The fourth-order valence-electron chi connectivity index (χ4n) is 3.39. The molecule has 0 aliphatic carbocycles. The number of anilines is 1. The topological polar surface area (TPSA) is 106 Å². The SMILES string of the molecule is Cc1ccc(-c2sc(NC(=O)C(C#N)Cc3ccc(O)c(O)c3)nc2-c2ccccc2)cc1. The van der Waals surface area contributed by atoms with Gasteiger partial charge in [0.1, 0.15) is 5.92 Å². The first-order chi connectivity index (χ1) is 15.9. The zero-order chi connectivity index (χ0) is 23.4. The Morgan fingerprint density at radius 3 is 2.42 bits per heavy atom. The van der Waals surface area contributed by atoms with E-state index in [2.05, 4.69) is 10.3 Å². The number of benzene rings is 3. The number of amides is 1. The van der Waals surface area contributed by atoms with Gasteiger partial charge in [0.15, 0.2) is 16.6 Å². The molecule has 6 nitrogen and oxygen atoms in total. The molecule has 3 N–H and O–H groups in total. The maximum atomic E-state index is 12.9. The molecule has 33 heavy (non-hydrogen) atoms. The van der Waals surface area contributed by atoms with Crippen molar-refractivity contribution in [3.63, 3.8) is 0 Å². The minimum Gasteiger partial charge on any atom is -0.504 e. The van der Waals surface area contributed by atoms with Crippen LogP contribution in [-0.4, -0.2) is 21.1 Å². The van der Waals surface area contributed by atoms with Gasteiger partial charge in [0.25, 0.3) is 0 Å². The molecule has 4 aromatic rings. The molecule has 0 spiro atoms. The van der Waals surface area contributed by atoms with E-state index in [9.17, 15) is 20.3 Å². The highest BCUT2D eigenvalue weighted by atomic mass is 32.1. The van der Waals surface area contributed by atoms with Crippen molar-refractivity contribution in [1.82, 2.24) is 4.98 Å². The molecular formula is C26H21N3O3S. The summed E-state index contributed by atoms with van der Waals surface area (Å²) in [6.45, 7) is 2.02. The van der Waals surface area contributed by atoms with Crippen LogP contribution in [0.25, 0.3) is 21.7 Å². The number of carbonyl (C=O) groups is 1. The van der Waals surface area contributed by atoms with Crippen molar-refractivity contribution in [3.05, 3.63) is 83.9 Å². The van der Waals surface area contributed by atoms with Gasteiger partial charge in [-0.3, -0.25) is 4.79 Å². The molecule has 1 heterocycles. The quantitative estimate of drug-likeness (QED) is 0.332. The van der Waals surface area contributed by atoms with E-state index in [4.69, 9.17) is 0 Å². The molecule has 164 valence electrons. The first-order valence-corrected chi connectivity index (χ1v) is 11.1. The minimum absolute atomic E-state index is 0.0951. The molecule has 0 fully saturated rings. The van der Waals surface area contributed by atoms with Crippen molar-refractivity contribution in [2.24, 2.45) is 5.92 Å². The lowest BCUT2D eigenvalue weighted by molar-refractivity contribution is -0.118.